The summed E-state index contributed by atoms with van der Waals surface area (Å²) >= 11 is 0. The van der Waals surface area contributed by atoms with Gasteiger partial charge in [-0.3, -0.25) is 4.79 Å². The number of morpholine rings is 1. The Morgan fingerprint density at radius 2 is 2.16 bits per heavy atom. The first-order chi connectivity index (χ1) is 9.09. The van der Waals surface area contributed by atoms with Gasteiger partial charge >= 0.3 is 5.97 Å². The van der Waals surface area contributed by atoms with Crippen LogP contribution in [-0.2, 0) is 20.7 Å². The summed E-state index contributed by atoms with van der Waals surface area (Å²) in [6, 6.07) is 4.98. The number of carbonyl (C=O) groups is 2. The lowest BCUT2D eigenvalue weighted by atomic mass is 10.1. The fourth-order valence-electron chi connectivity index (χ4n) is 2.01. The number of halogens is 1. The van der Waals surface area contributed by atoms with E-state index in [0.717, 1.165) is 0 Å². The van der Waals surface area contributed by atoms with Crippen LogP contribution in [0.4, 0.5) is 4.39 Å². The van der Waals surface area contributed by atoms with E-state index in [0.29, 0.717) is 6.61 Å². The van der Waals surface area contributed by atoms with Crippen LogP contribution in [0.2, 0.25) is 0 Å². The van der Waals surface area contributed by atoms with Gasteiger partial charge in [0.1, 0.15) is 5.82 Å². The molecule has 1 atom stereocenters. The fourth-order valence-corrected chi connectivity index (χ4v) is 2.01. The molecule has 2 rings (SSSR count). The molecule has 1 aliphatic rings. The third-order valence-corrected chi connectivity index (χ3v) is 3.03. The Hall–Kier alpha value is -1.95. The van der Waals surface area contributed by atoms with E-state index < -0.39 is 23.7 Å². The van der Waals surface area contributed by atoms with E-state index in [4.69, 9.17) is 9.84 Å². The second-order valence-electron chi connectivity index (χ2n) is 4.28. The van der Waals surface area contributed by atoms with Crippen molar-refractivity contribution in [1.29, 1.82) is 0 Å². The smallest absolute Gasteiger partial charge is 0.328 e. The third-order valence-electron chi connectivity index (χ3n) is 3.03. The van der Waals surface area contributed by atoms with Crippen LogP contribution in [0, 0.1) is 5.82 Å². The van der Waals surface area contributed by atoms with Crippen LogP contribution >= 0.6 is 0 Å². The molecule has 1 saturated heterocycles. The van der Waals surface area contributed by atoms with Crippen molar-refractivity contribution in [2.45, 2.75) is 12.5 Å². The molecule has 5 nitrogen and oxygen atoms in total. The molecule has 1 aliphatic heterocycles. The number of hydrogen-bond donors (Lipinski definition) is 1. The number of amides is 1. The molecule has 0 spiro atoms. The summed E-state index contributed by atoms with van der Waals surface area (Å²) in [4.78, 5) is 24.3. The fraction of sp³-hybridized carbons (Fsp3) is 0.385. The highest BCUT2D eigenvalue weighted by Crippen LogP contribution is 2.13. The Morgan fingerprint density at radius 1 is 1.42 bits per heavy atom. The summed E-state index contributed by atoms with van der Waals surface area (Å²) in [5, 5.41) is 9.03. The first-order valence-electron chi connectivity index (χ1n) is 5.93. The van der Waals surface area contributed by atoms with Crippen molar-refractivity contribution >= 4 is 11.9 Å². The lowest BCUT2D eigenvalue weighted by Crippen LogP contribution is -2.53. The summed E-state index contributed by atoms with van der Waals surface area (Å²) in [6.45, 7) is 0.482. The molecule has 0 radical (unpaired) electrons. The lowest BCUT2D eigenvalue weighted by Gasteiger charge is -2.32. The van der Waals surface area contributed by atoms with Gasteiger partial charge < -0.3 is 14.7 Å². The average molecular weight is 267 g/mol. The van der Waals surface area contributed by atoms with E-state index in [2.05, 4.69) is 0 Å². The molecule has 1 N–H and O–H groups in total. The highest BCUT2D eigenvalue weighted by molar-refractivity contribution is 5.85. The molecule has 0 aromatic heterocycles. The number of aliphatic carboxylic acids is 1. The SMILES string of the molecule is O=C(O)C1COCCN1C(=O)Cc1ccccc1F. The van der Waals surface area contributed by atoms with Gasteiger partial charge in [-0.2, -0.15) is 0 Å². The van der Waals surface area contributed by atoms with Gasteiger partial charge in [-0.1, -0.05) is 18.2 Å². The van der Waals surface area contributed by atoms with Crippen molar-refractivity contribution in [1.82, 2.24) is 4.90 Å². The van der Waals surface area contributed by atoms with Gasteiger partial charge in [0.05, 0.1) is 19.6 Å². The number of hydrogen-bond acceptors (Lipinski definition) is 3. The molecule has 1 unspecified atom stereocenters. The van der Waals surface area contributed by atoms with E-state index >= 15 is 0 Å². The van der Waals surface area contributed by atoms with E-state index in [1.165, 1.54) is 23.1 Å². The second kappa shape index (κ2) is 5.79. The van der Waals surface area contributed by atoms with Gasteiger partial charge in [0.25, 0.3) is 0 Å². The Bertz CT molecular complexity index is 491. The monoisotopic (exact) mass is 267 g/mol. The summed E-state index contributed by atoms with van der Waals surface area (Å²) in [7, 11) is 0. The van der Waals surface area contributed by atoms with E-state index in [1.54, 1.807) is 6.07 Å². The first-order valence-corrected chi connectivity index (χ1v) is 5.93. The normalized spacial score (nSPS) is 19.2. The van der Waals surface area contributed by atoms with Crippen LogP contribution < -0.4 is 0 Å². The summed E-state index contributed by atoms with van der Waals surface area (Å²) in [5.41, 5.74) is 0.267. The Kier molecular flexibility index (Phi) is 4.11. The van der Waals surface area contributed by atoms with Crippen LogP contribution in [0.1, 0.15) is 5.56 Å². The van der Waals surface area contributed by atoms with Gasteiger partial charge in [0.2, 0.25) is 5.91 Å². The van der Waals surface area contributed by atoms with E-state index in [9.17, 15) is 14.0 Å². The van der Waals surface area contributed by atoms with Crippen molar-refractivity contribution < 1.29 is 23.8 Å². The quantitative estimate of drug-likeness (QED) is 0.874. The van der Waals surface area contributed by atoms with Crippen molar-refractivity contribution in [3.8, 4) is 0 Å². The molecule has 1 heterocycles. The number of carboxylic acid groups (broad SMARTS) is 1. The zero-order chi connectivity index (χ0) is 13.8. The first kappa shape index (κ1) is 13.5. The third kappa shape index (κ3) is 3.08. The van der Waals surface area contributed by atoms with Crippen LogP contribution in [0.15, 0.2) is 24.3 Å². The highest BCUT2D eigenvalue weighted by atomic mass is 19.1. The van der Waals surface area contributed by atoms with Crippen LogP contribution in [0.25, 0.3) is 0 Å². The zero-order valence-electron chi connectivity index (χ0n) is 10.2. The standard InChI is InChI=1S/C13H14FNO4/c14-10-4-2-1-3-9(10)7-12(16)15-5-6-19-8-11(15)13(17)18/h1-4,11H,5-8H2,(H,17,18). The number of carboxylic acids is 1. The second-order valence-corrected chi connectivity index (χ2v) is 4.28. The van der Waals surface area contributed by atoms with E-state index in [-0.39, 0.29) is 25.1 Å². The van der Waals surface area contributed by atoms with Crippen molar-refractivity contribution in [2.75, 3.05) is 19.8 Å². The molecule has 6 heteroatoms. The Balaban J connectivity index is 2.10. The molecule has 1 fully saturated rings. The van der Waals surface area contributed by atoms with Crippen LogP contribution in [0.3, 0.4) is 0 Å². The molecule has 102 valence electrons. The predicted octanol–water partition coefficient (Wildman–Crippen LogP) is 0.680. The summed E-state index contributed by atoms with van der Waals surface area (Å²) in [5.74, 6) is -1.97. The minimum Gasteiger partial charge on any atom is -0.480 e. The van der Waals surface area contributed by atoms with Gasteiger partial charge in [0.15, 0.2) is 6.04 Å². The van der Waals surface area contributed by atoms with Crippen LogP contribution in [0.5, 0.6) is 0 Å². The molecule has 19 heavy (non-hydrogen) atoms. The number of carbonyl (C=O) groups excluding carboxylic acids is 1. The maximum Gasteiger partial charge on any atom is 0.328 e. The van der Waals surface area contributed by atoms with Crippen LogP contribution in [-0.4, -0.2) is 47.7 Å². The highest BCUT2D eigenvalue weighted by Gasteiger charge is 2.32. The number of rotatable bonds is 3. The summed E-state index contributed by atoms with van der Waals surface area (Å²) in [6.07, 6.45) is -0.142. The molecule has 0 aliphatic carbocycles. The Labute approximate surface area is 109 Å². The predicted molar refractivity (Wildman–Crippen MR) is 64.1 cm³/mol. The maximum absolute atomic E-state index is 13.5. The average Bonchev–Trinajstić information content (AvgIpc) is 2.41. The lowest BCUT2D eigenvalue weighted by molar-refractivity contribution is -0.158. The molecular weight excluding hydrogens is 253 g/mol. The molecule has 0 saturated carbocycles. The van der Waals surface area contributed by atoms with Crippen molar-refractivity contribution in [3.63, 3.8) is 0 Å². The minimum absolute atomic E-state index is 0.0294. The van der Waals surface area contributed by atoms with Crippen molar-refractivity contribution in [3.05, 3.63) is 35.6 Å². The zero-order valence-corrected chi connectivity index (χ0v) is 10.2. The molecular formula is C13H14FNO4. The number of benzene rings is 1. The van der Waals surface area contributed by atoms with Gasteiger partial charge in [-0.05, 0) is 11.6 Å². The Morgan fingerprint density at radius 3 is 2.84 bits per heavy atom. The minimum atomic E-state index is -1.11. The van der Waals surface area contributed by atoms with Gasteiger partial charge in [-0.25, -0.2) is 9.18 Å². The molecule has 1 amide bonds. The van der Waals surface area contributed by atoms with E-state index in [1.807, 2.05) is 0 Å². The number of ether oxygens (including phenoxy) is 1. The van der Waals surface area contributed by atoms with Crippen molar-refractivity contribution in [2.24, 2.45) is 0 Å². The largest absolute Gasteiger partial charge is 0.480 e. The molecule has 1 aromatic carbocycles. The molecule has 1 aromatic rings. The number of nitrogens with zero attached hydrogens (tertiary/aromatic N) is 1. The summed E-state index contributed by atoms with van der Waals surface area (Å²) < 4.78 is 18.5. The maximum atomic E-state index is 13.5. The van der Waals surface area contributed by atoms with Gasteiger partial charge in [0, 0.05) is 6.54 Å². The topological polar surface area (TPSA) is 66.8 Å². The molecule has 0 bridgehead atoms. The van der Waals surface area contributed by atoms with Gasteiger partial charge in [-0.15, -0.1) is 0 Å².